The van der Waals surface area contributed by atoms with Crippen LogP contribution in [0.2, 0.25) is 0 Å². The molecule has 5 heteroatoms. The van der Waals surface area contributed by atoms with E-state index in [0.29, 0.717) is 23.9 Å². The fourth-order valence-electron chi connectivity index (χ4n) is 6.51. The van der Waals surface area contributed by atoms with Crippen LogP contribution < -0.4 is 0 Å². The van der Waals surface area contributed by atoms with E-state index in [4.69, 9.17) is 4.74 Å². The van der Waals surface area contributed by atoms with Crippen molar-refractivity contribution in [1.29, 1.82) is 0 Å². The molecule has 0 spiro atoms. The maximum atomic E-state index is 14.2. The fraction of sp³-hybridized carbons (Fsp3) is 0.586. The Kier molecular flexibility index (Phi) is 6.76. The highest BCUT2D eigenvalue weighted by Gasteiger charge is 2.50. The number of aromatic nitrogens is 1. The smallest absolute Gasteiger partial charge is 0.229 e. The van der Waals surface area contributed by atoms with Gasteiger partial charge in [-0.3, -0.25) is 9.78 Å². The molecule has 3 heterocycles. The molecule has 2 aliphatic heterocycles. The van der Waals surface area contributed by atoms with E-state index < -0.39 is 0 Å². The molecule has 1 saturated carbocycles. The first-order chi connectivity index (χ1) is 16.5. The van der Waals surface area contributed by atoms with Gasteiger partial charge in [0.1, 0.15) is 0 Å². The van der Waals surface area contributed by atoms with Gasteiger partial charge in [0.25, 0.3) is 0 Å². The Labute approximate surface area is 204 Å². The predicted octanol–water partition coefficient (Wildman–Crippen LogP) is 4.94. The maximum absolute atomic E-state index is 14.2. The highest BCUT2D eigenvalue weighted by atomic mass is 16.5. The lowest BCUT2D eigenvalue weighted by Crippen LogP contribution is -2.49. The first-order valence-corrected chi connectivity index (χ1v) is 13.1. The van der Waals surface area contributed by atoms with E-state index in [1.807, 2.05) is 18.5 Å². The van der Waals surface area contributed by atoms with Crippen molar-refractivity contribution in [1.82, 2.24) is 14.8 Å². The molecule has 1 amide bonds. The lowest BCUT2D eigenvalue weighted by Gasteiger charge is -2.41. The van der Waals surface area contributed by atoms with Crippen LogP contribution >= 0.6 is 0 Å². The van der Waals surface area contributed by atoms with Gasteiger partial charge in [-0.15, -0.1) is 0 Å². The number of carbonyl (C=O) groups is 1. The second-order valence-corrected chi connectivity index (χ2v) is 10.9. The molecule has 5 nitrogen and oxygen atoms in total. The van der Waals surface area contributed by atoms with Gasteiger partial charge in [-0.1, -0.05) is 32.0 Å². The molecule has 1 aromatic heterocycles. The van der Waals surface area contributed by atoms with Crippen molar-refractivity contribution in [2.45, 2.75) is 71.0 Å². The number of rotatable bonds is 5. The van der Waals surface area contributed by atoms with E-state index in [9.17, 15) is 4.79 Å². The first-order valence-electron chi connectivity index (χ1n) is 13.1. The zero-order valence-corrected chi connectivity index (χ0v) is 21.0. The molecule has 2 fully saturated rings. The summed E-state index contributed by atoms with van der Waals surface area (Å²) in [6.45, 7) is 7.79. The number of amides is 1. The molecule has 2 atom stereocenters. The Morgan fingerprint density at radius 2 is 1.94 bits per heavy atom. The van der Waals surface area contributed by atoms with Crippen LogP contribution in [0.25, 0.3) is 11.1 Å². The van der Waals surface area contributed by atoms with Gasteiger partial charge in [-0.2, -0.15) is 0 Å². The first kappa shape index (κ1) is 23.5. The van der Waals surface area contributed by atoms with Crippen molar-refractivity contribution in [2.75, 3.05) is 26.8 Å². The minimum Gasteiger partial charge on any atom is -0.381 e. The van der Waals surface area contributed by atoms with Crippen molar-refractivity contribution < 1.29 is 9.53 Å². The molecule has 34 heavy (non-hydrogen) atoms. The normalized spacial score (nSPS) is 25.7. The molecule has 1 unspecified atom stereocenters. The number of hydrogen-bond donors (Lipinski definition) is 0. The molecule has 0 bridgehead atoms. The Bertz CT molecular complexity index is 1000. The number of carbonyl (C=O) groups excluding carboxylic acids is 1. The lowest BCUT2D eigenvalue weighted by molar-refractivity contribution is -0.146. The van der Waals surface area contributed by atoms with Crippen LogP contribution in [0.3, 0.4) is 0 Å². The predicted molar refractivity (Wildman–Crippen MR) is 135 cm³/mol. The summed E-state index contributed by atoms with van der Waals surface area (Å²) in [5.41, 5.74) is 4.72. The third kappa shape index (κ3) is 4.40. The second-order valence-electron chi connectivity index (χ2n) is 10.9. The van der Waals surface area contributed by atoms with Crippen LogP contribution in [-0.2, 0) is 22.5 Å². The van der Waals surface area contributed by atoms with Crippen LogP contribution in [0.4, 0.5) is 0 Å². The number of fused-ring (bicyclic) bond motifs is 1. The van der Waals surface area contributed by atoms with Gasteiger partial charge >= 0.3 is 0 Å². The number of ether oxygens (including phenoxy) is 1. The van der Waals surface area contributed by atoms with Gasteiger partial charge in [0.05, 0.1) is 5.41 Å². The average Bonchev–Trinajstić information content (AvgIpc) is 3.35. The van der Waals surface area contributed by atoms with Crippen LogP contribution in [-0.4, -0.2) is 59.6 Å². The molecule has 1 aliphatic carbocycles. The average molecular weight is 462 g/mol. The topological polar surface area (TPSA) is 45.7 Å². The molecule has 182 valence electrons. The molecule has 0 radical (unpaired) electrons. The van der Waals surface area contributed by atoms with Crippen LogP contribution in [0.5, 0.6) is 0 Å². The minimum atomic E-state index is -0.247. The van der Waals surface area contributed by atoms with E-state index in [2.05, 4.69) is 59.9 Å². The standard InChI is InChI=1S/C29H39N3O2/c1-21(2)29(12-8-27(18-29)31(3)26-10-15-34-16-11-26)28(33)32-14-9-22-6-7-23(17-25(22)20-32)24-5-4-13-30-19-24/h4-7,13,17,19,21,26-27H,8-12,14-16,18,20H2,1-3H3/t27?,29-/m0/s1. The van der Waals surface area contributed by atoms with Gasteiger partial charge in [-0.25, -0.2) is 0 Å². The molecule has 2 aromatic rings. The summed E-state index contributed by atoms with van der Waals surface area (Å²) in [6, 6.07) is 11.9. The third-order valence-electron chi connectivity index (χ3n) is 8.90. The van der Waals surface area contributed by atoms with E-state index in [1.165, 1.54) is 16.7 Å². The maximum Gasteiger partial charge on any atom is 0.229 e. The molecule has 1 aromatic carbocycles. The van der Waals surface area contributed by atoms with E-state index in [1.54, 1.807) is 0 Å². The Hall–Kier alpha value is -2.24. The van der Waals surface area contributed by atoms with Crippen molar-refractivity contribution in [3.63, 3.8) is 0 Å². The van der Waals surface area contributed by atoms with E-state index in [0.717, 1.165) is 70.4 Å². The molecular formula is C29H39N3O2. The number of benzene rings is 1. The van der Waals surface area contributed by atoms with Gasteiger partial charge in [0, 0.05) is 50.8 Å². The number of pyridine rings is 1. The quantitative estimate of drug-likeness (QED) is 0.633. The van der Waals surface area contributed by atoms with Crippen molar-refractivity contribution in [2.24, 2.45) is 11.3 Å². The summed E-state index contributed by atoms with van der Waals surface area (Å²) in [7, 11) is 2.28. The molecule has 5 rings (SSSR count). The Morgan fingerprint density at radius 1 is 1.12 bits per heavy atom. The zero-order valence-electron chi connectivity index (χ0n) is 21.0. The summed E-state index contributed by atoms with van der Waals surface area (Å²) in [4.78, 5) is 23.2. The van der Waals surface area contributed by atoms with Crippen molar-refractivity contribution in [3.8, 4) is 11.1 Å². The number of nitrogens with zero attached hydrogens (tertiary/aromatic N) is 3. The van der Waals surface area contributed by atoms with Gasteiger partial charge in [-0.05, 0) is 85.9 Å². The highest BCUT2D eigenvalue weighted by molar-refractivity contribution is 5.84. The van der Waals surface area contributed by atoms with Crippen LogP contribution in [0, 0.1) is 11.3 Å². The van der Waals surface area contributed by atoms with E-state index in [-0.39, 0.29) is 5.41 Å². The van der Waals surface area contributed by atoms with Crippen molar-refractivity contribution in [3.05, 3.63) is 53.9 Å². The molecule has 1 saturated heterocycles. The van der Waals surface area contributed by atoms with E-state index >= 15 is 0 Å². The lowest BCUT2D eigenvalue weighted by atomic mass is 9.73. The SMILES string of the molecule is CC(C)[C@]1(C(=O)N2CCc3ccc(-c4cccnc4)cc3C2)CCC(N(C)C2CCOCC2)C1. The Balaban J connectivity index is 1.33. The molecule has 3 aliphatic rings. The van der Waals surface area contributed by atoms with Gasteiger partial charge in [0.2, 0.25) is 5.91 Å². The summed E-state index contributed by atoms with van der Waals surface area (Å²) >= 11 is 0. The second kappa shape index (κ2) is 9.79. The minimum absolute atomic E-state index is 0.247. The van der Waals surface area contributed by atoms with Crippen molar-refractivity contribution >= 4 is 5.91 Å². The summed E-state index contributed by atoms with van der Waals surface area (Å²) < 4.78 is 5.58. The molecular weight excluding hydrogens is 422 g/mol. The summed E-state index contributed by atoms with van der Waals surface area (Å²) in [5, 5.41) is 0. The van der Waals surface area contributed by atoms with Crippen LogP contribution in [0.15, 0.2) is 42.7 Å². The largest absolute Gasteiger partial charge is 0.381 e. The highest BCUT2D eigenvalue weighted by Crippen LogP contribution is 2.48. The third-order valence-corrected chi connectivity index (χ3v) is 8.90. The monoisotopic (exact) mass is 461 g/mol. The zero-order chi connectivity index (χ0) is 23.7. The summed E-state index contributed by atoms with van der Waals surface area (Å²) in [6.07, 6.45) is 9.98. The fourth-order valence-corrected chi connectivity index (χ4v) is 6.51. The van der Waals surface area contributed by atoms with Gasteiger partial charge < -0.3 is 14.5 Å². The number of hydrogen-bond acceptors (Lipinski definition) is 4. The van der Waals surface area contributed by atoms with Crippen LogP contribution in [0.1, 0.15) is 57.1 Å². The molecule has 0 N–H and O–H groups in total. The van der Waals surface area contributed by atoms with Gasteiger partial charge in [0.15, 0.2) is 0 Å². The summed E-state index contributed by atoms with van der Waals surface area (Å²) in [5.74, 6) is 0.721. The Morgan fingerprint density at radius 3 is 2.68 bits per heavy atom.